The first-order valence-corrected chi connectivity index (χ1v) is 5.51. The maximum absolute atomic E-state index is 13.6. The van der Waals surface area contributed by atoms with Gasteiger partial charge >= 0.3 is 0 Å². The Labute approximate surface area is 93.3 Å². The van der Waals surface area contributed by atoms with E-state index in [0.29, 0.717) is 5.56 Å². The zero-order valence-corrected chi connectivity index (χ0v) is 8.92. The zero-order valence-electron chi connectivity index (χ0n) is 8.92. The average molecular weight is 227 g/mol. The Hall–Kier alpha value is -1.00. The fourth-order valence-corrected chi connectivity index (χ4v) is 2.27. The predicted octanol–water partition coefficient (Wildman–Crippen LogP) is 2.00. The van der Waals surface area contributed by atoms with E-state index >= 15 is 0 Å². The van der Waals surface area contributed by atoms with E-state index in [1.165, 1.54) is 12.1 Å². The van der Waals surface area contributed by atoms with Crippen LogP contribution in [0, 0.1) is 17.6 Å². The molecule has 0 aromatic heterocycles. The molecule has 0 aliphatic carbocycles. The van der Waals surface area contributed by atoms with Crippen molar-refractivity contribution in [3.05, 3.63) is 35.4 Å². The molecule has 4 heteroatoms. The van der Waals surface area contributed by atoms with Crippen molar-refractivity contribution < 1.29 is 13.9 Å². The monoisotopic (exact) mass is 227 g/mol. The van der Waals surface area contributed by atoms with Crippen LogP contribution in [-0.2, 0) is 0 Å². The molecule has 0 radical (unpaired) electrons. The Balaban J connectivity index is 2.27. The van der Waals surface area contributed by atoms with E-state index in [1.54, 1.807) is 0 Å². The van der Waals surface area contributed by atoms with Gasteiger partial charge < -0.3 is 10.4 Å². The third-order valence-corrected chi connectivity index (χ3v) is 3.12. The number of piperidine rings is 1. The van der Waals surface area contributed by atoms with Crippen LogP contribution in [0.3, 0.4) is 0 Å². The minimum Gasteiger partial charge on any atom is -0.396 e. The minimum atomic E-state index is -0.572. The maximum atomic E-state index is 13.6. The summed E-state index contributed by atoms with van der Waals surface area (Å²) in [5.41, 5.74) is 0.445. The summed E-state index contributed by atoms with van der Waals surface area (Å²) >= 11 is 0. The molecule has 1 aliphatic heterocycles. The molecule has 16 heavy (non-hydrogen) atoms. The highest BCUT2D eigenvalue weighted by molar-refractivity contribution is 5.23. The topological polar surface area (TPSA) is 32.3 Å². The number of benzene rings is 1. The number of hydrogen-bond acceptors (Lipinski definition) is 2. The van der Waals surface area contributed by atoms with Gasteiger partial charge in [-0.25, -0.2) is 8.78 Å². The van der Waals surface area contributed by atoms with Gasteiger partial charge in [-0.05, 0) is 25.5 Å². The Bertz CT molecular complexity index is 370. The number of hydrogen-bond donors (Lipinski definition) is 2. The van der Waals surface area contributed by atoms with Gasteiger partial charge in [-0.1, -0.05) is 6.07 Å². The van der Waals surface area contributed by atoms with Crippen LogP contribution in [0.1, 0.15) is 24.4 Å². The van der Waals surface area contributed by atoms with Crippen LogP contribution in [0.5, 0.6) is 0 Å². The van der Waals surface area contributed by atoms with E-state index in [-0.39, 0.29) is 18.6 Å². The Morgan fingerprint density at radius 3 is 2.88 bits per heavy atom. The first kappa shape index (κ1) is 11.5. The van der Waals surface area contributed by atoms with Crippen LogP contribution in [-0.4, -0.2) is 18.3 Å². The van der Waals surface area contributed by atoms with Crippen molar-refractivity contribution in [2.75, 3.05) is 13.2 Å². The molecule has 1 aromatic carbocycles. The summed E-state index contributed by atoms with van der Waals surface area (Å²) in [5.74, 6) is -1.11. The first-order valence-electron chi connectivity index (χ1n) is 5.51. The number of nitrogens with one attached hydrogen (secondary N) is 1. The Kier molecular flexibility index (Phi) is 3.51. The molecule has 0 bridgehead atoms. The molecular formula is C12H15F2NO. The quantitative estimate of drug-likeness (QED) is 0.810. The van der Waals surface area contributed by atoms with Crippen LogP contribution in [0.2, 0.25) is 0 Å². The molecule has 88 valence electrons. The predicted molar refractivity (Wildman–Crippen MR) is 56.9 cm³/mol. The SMILES string of the molecule is OCC1CCCNC1c1ccc(F)cc1F. The normalized spacial score (nSPS) is 25.7. The van der Waals surface area contributed by atoms with E-state index in [1.807, 2.05) is 0 Å². The van der Waals surface area contributed by atoms with E-state index in [4.69, 9.17) is 0 Å². The number of aliphatic hydroxyl groups excluding tert-OH is 1. The van der Waals surface area contributed by atoms with Gasteiger partial charge in [0.15, 0.2) is 0 Å². The van der Waals surface area contributed by atoms with Gasteiger partial charge in [0.1, 0.15) is 11.6 Å². The lowest BCUT2D eigenvalue weighted by molar-refractivity contribution is 0.158. The highest BCUT2D eigenvalue weighted by Gasteiger charge is 2.27. The second-order valence-corrected chi connectivity index (χ2v) is 4.18. The largest absolute Gasteiger partial charge is 0.396 e. The van der Waals surface area contributed by atoms with E-state index in [2.05, 4.69) is 5.32 Å². The second-order valence-electron chi connectivity index (χ2n) is 4.18. The number of aliphatic hydroxyl groups is 1. The highest BCUT2D eigenvalue weighted by atomic mass is 19.1. The Morgan fingerprint density at radius 1 is 1.38 bits per heavy atom. The van der Waals surface area contributed by atoms with Crippen LogP contribution >= 0.6 is 0 Å². The fourth-order valence-electron chi connectivity index (χ4n) is 2.27. The molecule has 2 unspecified atom stereocenters. The molecule has 1 aromatic rings. The van der Waals surface area contributed by atoms with Gasteiger partial charge in [-0.2, -0.15) is 0 Å². The van der Waals surface area contributed by atoms with Crippen molar-refractivity contribution in [3.63, 3.8) is 0 Å². The van der Waals surface area contributed by atoms with Crippen molar-refractivity contribution >= 4 is 0 Å². The van der Waals surface area contributed by atoms with Gasteiger partial charge in [-0.15, -0.1) is 0 Å². The van der Waals surface area contributed by atoms with Gasteiger partial charge in [-0.3, -0.25) is 0 Å². The van der Waals surface area contributed by atoms with Gasteiger partial charge in [0.25, 0.3) is 0 Å². The molecule has 2 N–H and O–H groups in total. The van der Waals surface area contributed by atoms with Crippen LogP contribution in [0.4, 0.5) is 8.78 Å². The average Bonchev–Trinajstić information content (AvgIpc) is 2.29. The molecule has 1 saturated heterocycles. The lowest BCUT2D eigenvalue weighted by atomic mass is 9.86. The van der Waals surface area contributed by atoms with Crippen LogP contribution in [0.15, 0.2) is 18.2 Å². The second kappa shape index (κ2) is 4.89. The fraction of sp³-hybridized carbons (Fsp3) is 0.500. The highest BCUT2D eigenvalue weighted by Crippen LogP contribution is 2.30. The standard InChI is InChI=1S/C12H15F2NO/c13-9-3-4-10(11(14)6-9)12-8(7-16)2-1-5-15-12/h3-4,6,8,12,15-16H,1-2,5,7H2. The molecule has 0 saturated carbocycles. The molecule has 1 fully saturated rings. The molecular weight excluding hydrogens is 212 g/mol. The molecule has 1 aliphatic rings. The summed E-state index contributed by atoms with van der Waals surface area (Å²) in [6, 6.07) is 3.39. The van der Waals surface area contributed by atoms with Gasteiger partial charge in [0.05, 0.1) is 0 Å². The summed E-state index contributed by atoms with van der Waals surface area (Å²) in [6.45, 7) is 0.826. The molecule has 0 spiro atoms. The molecule has 2 rings (SSSR count). The lowest BCUT2D eigenvalue weighted by Gasteiger charge is -2.31. The maximum Gasteiger partial charge on any atom is 0.130 e. The minimum absolute atomic E-state index is 0.00807. The summed E-state index contributed by atoms with van der Waals surface area (Å²) in [5, 5.41) is 12.4. The van der Waals surface area contributed by atoms with E-state index < -0.39 is 11.6 Å². The Morgan fingerprint density at radius 2 is 2.19 bits per heavy atom. The molecule has 2 nitrogen and oxygen atoms in total. The summed E-state index contributed by atoms with van der Waals surface area (Å²) in [7, 11) is 0. The van der Waals surface area contributed by atoms with Crippen LogP contribution in [0.25, 0.3) is 0 Å². The summed E-state index contributed by atoms with van der Waals surface area (Å²) < 4.78 is 26.4. The van der Waals surface area contributed by atoms with Crippen LogP contribution < -0.4 is 5.32 Å². The zero-order chi connectivity index (χ0) is 11.5. The van der Waals surface area contributed by atoms with Crippen molar-refractivity contribution in [1.82, 2.24) is 5.32 Å². The van der Waals surface area contributed by atoms with Gasteiger partial charge in [0.2, 0.25) is 0 Å². The van der Waals surface area contributed by atoms with E-state index in [9.17, 15) is 13.9 Å². The third kappa shape index (κ3) is 2.23. The number of rotatable bonds is 2. The summed E-state index contributed by atoms with van der Waals surface area (Å²) in [4.78, 5) is 0. The smallest absolute Gasteiger partial charge is 0.130 e. The van der Waals surface area contributed by atoms with Crippen molar-refractivity contribution in [3.8, 4) is 0 Å². The molecule has 2 atom stereocenters. The van der Waals surface area contributed by atoms with Crippen molar-refractivity contribution in [1.29, 1.82) is 0 Å². The summed E-state index contributed by atoms with van der Waals surface area (Å²) in [6.07, 6.45) is 1.84. The van der Waals surface area contributed by atoms with Gasteiger partial charge in [0, 0.05) is 30.2 Å². The van der Waals surface area contributed by atoms with Crippen molar-refractivity contribution in [2.24, 2.45) is 5.92 Å². The molecule has 1 heterocycles. The first-order chi connectivity index (χ1) is 7.72. The van der Waals surface area contributed by atoms with E-state index in [0.717, 1.165) is 25.5 Å². The van der Waals surface area contributed by atoms with Crippen molar-refractivity contribution in [2.45, 2.75) is 18.9 Å². The number of halogens is 2. The third-order valence-electron chi connectivity index (χ3n) is 3.12. The molecule has 0 amide bonds. The lowest BCUT2D eigenvalue weighted by Crippen LogP contribution is -2.36.